The van der Waals surface area contributed by atoms with Gasteiger partial charge in [0.15, 0.2) is 5.11 Å². The van der Waals surface area contributed by atoms with E-state index in [4.69, 9.17) is 33.3 Å². The number of thiocarbonyl (C=S) groups is 1. The van der Waals surface area contributed by atoms with Crippen molar-refractivity contribution in [3.63, 3.8) is 0 Å². The summed E-state index contributed by atoms with van der Waals surface area (Å²) < 4.78 is 10.6. The molecule has 0 aromatic heterocycles. The zero-order valence-corrected chi connectivity index (χ0v) is 14.3. The molecule has 1 aliphatic rings. The molecule has 0 radical (unpaired) electrons. The summed E-state index contributed by atoms with van der Waals surface area (Å²) in [4.78, 5) is 6.47. The summed E-state index contributed by atoms with van der Waals surface area (Å²) in [7, 11) is 1.65. The fourth-order valence-electron chi connectivity index (χ4n) is 2.10. The largest absolute Gasteiger partial charge is 0.463 e. The van der Waals surface area contributed by atoms with Crippen molar-refractivity contribution in [1.29, 1.82) is 0 Å². The molecule has 0 amide bonds. The number of nitrogens with one attached hydrogen (secondary N) is 1. The second kappa shape index (κ2) is 8.31. The number of rotatable bonds is 5. The Morgan fingerprint density at radius 3 is 3.05 bits per heavy atom. The molecule has 1 N–H and O–H groups in total. The number of hydrogen-bond donors (Lipinski definition) is 1. The molecule has 5 nitrogen and oxygen atoms in total. The van der Waals surface area contributed by atoms with Gasteiger partial charge in [0.2, 0.25) is 0 Å². The SMILES string of the molecule is COCCNC(=S)N1CCOC1=NC(C)c1ccccc1Cl. The fourth-order valence-corrected chi connectivity index (χ4v) is 2.67. The van der Waals surface area contributed by atoms with E-state index >= 15 is 0 Å². The molecule has 0 bridgehead atoms. The second-order valence-corrected chi connectivity index (χ2v) is 5.63. The first-order chi connectivity index (χ1) is 10.6. The Labute approximate surface area is 141 Å². The molecule has 0 saturated carbocycles. The van der Waals surface area contributed by atoms with Crippen molar-refractivity contribution in [3.05, 3.63) is 34.9 Å². The summed E-state index contributed by atoms with van der Waals surface area (Å²) in [6.45, 7) is 4.49. The van der Waals surface area contributed by atoms with Crippen LogP contribution in [0.3, 0.4) is 0 Å². The molecular formula is C15H20ClN3O2S. The van der Waals surface area contributed by atoms with E-state index in [0.29, 0.717) is 42.5 Å². The molecule has 1 fully saturated rings. The third-order valence-corrected chi connectivity index (χ3v) is 3.97. The molecule has 1 aromatic carbocycles. The predicted octanol–water partition coefficient (Wildman–Crippen LogP) is 2.61. The lowest BCUT2D eigenvalue weighted by atomic mass is 10.1. The van der Waals surface area contributed by atoms with Gasteiger partial charge in [0, 0.05) is 18.7 Å². The number of hydrogen-bond acceptors (Lipinski definition) is 4. The number of amidine groups is 1. The highest BCUT2D eigenvalue weighted by Gasteiger charge is 2.25. The van der Waals surface area contributed by atoms with E-state index in [-0.39, 0.29) is 6.04 Å². The van der Waals surface area contributed by atoms with Crippen LogP contribution < -0.4 is 5.32 Å². The summed E-state index contributed by atoms with van der Waals surface area (Å²) in [5.41, 5.74) is 0.963. The molecule has 2 rings (SSSR count). The molecule has 1 aliphatic heterocycles. The van der Waals surface area contributed by atoms with E-state index < -0.39 is 0 Å². The molecule has 0 aliphatic carbocycles. The Kier molecular flexibility index (Phi) is 6.42. The van der Waals surface area contributed by atoms with Crippen molar-refractivity contribution in [1.82, 2.24) is 10.2 Å². The molecule has 0 spiro atoms. The molecule has 1 aromatic rings. The van der Waals surface area contributed by atoms with Gasteiger partial charge in [0.05, 0.1) is 19.2 Å². The number of halogens is 1. The minimum absolute atomic E-state index is 0.105. The number of aliphatic imine (C=N–C) groups is 1. The summed E-state index contributed by atoms with van der Waals surface area (Å²) in [5.74, 6) is 0. The van der Waals surface area contributed by atoms with Crippen molar-refractivity contribution in [3.8, 4) is 0 Å². The van der Waals surface area contributed by atoms with Crippen LogP contribution >= 0.6 is 23.8 Å². The highest BCUT2D eigenvalue weighted by Crippen LogP contribution is 2.25. The van der Waals surface area contributed by atoms with E-state index in [1.807, 2.05) is 36.1 Å². The number of ether oxygens (including phenoxy) is 2. The van der Waals surface area contributed by atoms with Crippen LogP contribution in [0.4, 0.5) is 0 Å². The number of benzene rings is 1. The van der Waals surface area contributed by atoms with Crippen LogP contribution in [-0.2, 0) is 9.47 Å². The third-order valence-electron chi connectivity index (χ3n) is 3.26. The van der Waals surface area contributed by atoms with Crippen LogP contribution in [0.15, 0.2) is 29.3 Å². The molecule has 1 atom stereocenters. The summed E-state index contributed by atoms with van der Waals surface area (Å²) in [6, 6.07) is 8.10. The van der Waals surface area contributed by atoms with Crippen LogP contribution in [-0.4, -0.2) is 49.4 Å². The number of nitrogens with zero attached hydrogens (tertiary/aromatic N) is 2. The van der Waals surface area contributed by atoms with Gasteiger partial charge >= 0.3 is 0 Å². The number of methoxy groups -OCH3 is 1. The summed E-state index contributed by atoms with van der Waals surface area (Å²) in [6.07, 6.45) is 0. The molecular weight excluding hydrogens is 322 g/mol. The minimum atomic E-state index is -0.105. The monoisotopic (exact) mass is 341 g/mol. The standard InChI is InChI=1S/C15H20ClN3O2S/c1-11(12-5-3-4-6-13(12)16)18-14-19(8-10-21-14)15(22)17-7-9-20-2/h3-6,11H,7-10H2,1-2H3,(H,17,22). The van der Waals surface area contributed by atoms with Crippen LogP contribution in [0.25, 0.3) is 0 Å². The van der Waals surface area contributed by atoms with Crippen molar-refractivity contribution in [2.45, 2.75) is 13.0 Å². The highest BCUT2D eigenvalue weighted by molar-refractivity contribution is 7.80. The molecule has 7 heteroatoms. The smallest absolute Gasteiger partial charge is 0.294 e. The van der Waals surface area contributed by atoms with E-state index in [1.165, 1.54) is 0 Å². The van der Waals surface area contributed by atoms with Gasteiger partial charge in [0.1, 0.15) is 6.61 Å². The second-order valence-electron chi connectivity index (χ2n) is 4.83. The van der Waals surface area contributed by atoms with Gasteiger partial charge in [0.25, 0.3) is 6.02 Å². The normalized spacial score (nSPS) is 17.4. The van der Waals surface area contributed by atoms with Gasteiger partial charge in [-0.05, 0) is 30.8 Å². The lowest BCUT2D eigenvalue weighted by Gasteiger charge is -2.19. The molecule has 1 saturated heterocycles. The molecule has 1 heterocycles. The Balaban J connectivity index is 2.06. The Morgan fingerprint density at radius 1 is 1.55 bits per heavy atom. The summed E-state index contributed by atoms with van der Waals surface area (Å²) in [5, 5.41) is 4.42. The van der Waals surface area contributed by atoms with Gasteiger partial charge < -0.3 is 14.8 Å². The quantitative estimate of drug-likeness (QED) is 0.659. The van der Waals surface area contributed by atoms with Gasteiger partial charge in [-0.2, -0.15) is 0 Å². The average molecular weight is 342 g/mol. The maximum absolute atomic E-state index is 6.21. The van der Waals surface area contributed by atoms with E-state index in [2.05, 4.69) is 10.3 Å². The zero-order chi connectivity index (χ0) is 15.9. The van der Waals surface area contributed by atoms with E-state index in [9.17, 15) is 0 Å². The predicted molar refractivity (Wildman–Crippen MR) is 92.4 cm³/mol. The van der Waals surface area contributed by atoms with Crippen molar-refractivity contribution in [2.75, 3.05) is 33.4 Å². The first-order valence-corrected chi connectivity index (χ1v) is 7.91. The van der Waals surface area contributed by atoms with Crippen LogP contribution in [0.5, 0.6) is 0 Å². The van der Waals surface area contributed by atoms with Gasteiger partial charge in [-0.3, -0.25) is 4.90 Å². The Morgan fingerprint density at radius 2 is 2.32 bits per heavy atom. The van der Waals surface area contributed by atoms with Crippen molar-refractivity contribution in [2.24, 2.45) is 4.99 Å². The van der Waals surface area contributed by atoms with Gasteiger partial charge in [-0.1, -0.05) is 29.8 Å². The van der Waals surface area contributed by atoms with E-state index in [1.54, 1.807) is 7.11 Å². The Hall–Kier alpha value is -1.37. The topological polar surface area (TPSA) is 46.1 Å². The van der Waals surface area contributed by atoms with Crippen LogP contribution in [0, 0.1) is 0 Å². The first kappa shape index (κ1) is 17.0. The van der Waals surface area contributed by atoms with Gasteiger partial charge in [-0.25, -0.2) is 4.99 Å². The van der Waals surface area contributed by atoms with Crippen LogP contribution in [0.2, 0.25) is 5.02 Å². The molecule has 120 valence electrons. The first-order valence-electron chi connectivity index (χ1n) is 7.13. The maximum Gasteiger partial charge on any atom is 0.294 e. The fraction of sp³-hybridized carbons (Fsp3) is 0.467. The average Bonchev–Trinajstić information content (AvgIpc) is 2.96. The lowest BCUT2D eigenvalue weighted by molar-refractivity contribution is 0.203. The molecule has 22 heavy (non-hydrogen) atoms. The minimum Gasteiger partial charge on any atom is -0.463 e. The lowest BCUT2D eigenvalue weighted by Crippen LogP contribution is -2.42. The zero-order valence-electron chi connectivity index (χ0n) is 12.7. The van der Waals surface area contributed by atoms with Crippen LogP contribution in [0.1, 0.15) is 18.5 Å². The van der Waals surface area contributed by atoms with Crippen molar-refractivity contribution < 1.29 is 9.47 Å². The maximum atomic E-state index is 6.21. The molecule has 1 unspecified atom stereocenters. The van der Waals surface area contributed by atoms with Crippen molar-refractivity contribution >= 4 is 35.0 Å². The van der Waals surface area contributed by atoms with E-state index in [0.717, 1.165) is 5.56 Å². The third kappa shape index (κ3) is 4.32. The Bertz CT molecular complexity index is 553. The highest BCUT2D eigenvalue weighted by atomic mass is 35.5. The van der Waals surface area contributed by atoms with Gasteiger partial charge in [-0.15, -0.1) is 0 Å². The summed E-state index contributed by atoms with van der Waals surface area (Å²) >= 11 is 11.6.